The summed E-state index contributed by atoms with van der Waals surface area (Å²) in [5.41, 5.74) is 0. The minimum absolute atomic E-state index is 0.0783. The van der Waals surface area contributed by atoms with E-state index in [0.29, 0.717) is 18.6 Å². The number of nitrogens with one attached hydrogen (secondary N) is 1. The van der Waals surface area contributed by atoms with E-state index in [2.05, 4.69) is 5.32 Å². The number of nitrogens with zero attached hydrogens (tertiary/aromatic N) is 1. The number of ether oxygens (including phenoxy) is 1. The molecule has 0 aliphatic carbocycles. The summed E-state index contributed by atoms with van der Waals surface area (Å²) in [6, 6.07) is 1.19. The van der Waals surface area contributed by atoms with Crippen molar-refractivity contribution in [3.05, 3.63) is 0 Å². The van der Waals surface area contributed by atoms with Gasteiger partial charge in [-0.05, 0) is 46.0 Å². The highest BCUT2D eigenvalue weighted by atomic mass is 32.2. The highest BCUT2D eigenvalue weighted by molar-refractivity contribution is 7.89. The van der Waals surface area contributed by atoms with E-state index in [4.69, 9.17) is 4.74 Å². The summed E-state index contributed by atoms with van der Waals surface area (Å²) >= 11 is 0. The van der Waals surface area contributed by atoms with Crippen LogP contribution in [-0.4, -0.2) is 55.9 Å². The summed E-state index contributed by atoms with van der Waals surface area (Å²) in [4.78, 5) is 0. The topological polar surface area (TPSA) is 58.6 Å². The molecule has 1 N–H and O–H groups in total. The first kappa shape index (κ1) is 17.2. The fraction of sp³-hybridized carbons (Fsp3) is 1.00. The number of hydrogen-bond acceptors (Lipinski definition) is 4. The molecule has 0 spiro atoms. The van der Waals surface area contributed by atoms with Crippen molar-refractivity contribution in [2.75, 3.05) is 18.9 Å². The molecule has 2 atom stereocenters. The van der Waals surface area contributed by atoms with E-state index in [0.717, 1.165) is 19.3 Å². The molecular weight excluding hydrogens is 288 g/mol. The Bertz CT molecular complexity index is 413. The van der Waals surface area contributed by atoms with Gasteiger partial charge in [0.15, 0.2) is 0 Å². The van der Waals surface area contributed by atoms with Gasteiger partial charge in [0.05, 0.1) is 18.5 Å². The van der Waals surface area contributed by atoms with Gasteiger partial charge in [-0.2, -0.15) is 4.31 Å². The fourth-order valence-corrected chi connectivity index (χ4v) is 5.17. The molecule has 2 aliphatic heterocycles. The van der Waals surface area contributed by atoms with Gasteiger partial charge in [-0.1, -0.05) is 6.92 Å². The van der Waals surface area contributed by atoms with Crippen molar-refractivity contribution in [2.24, 2.45) is 0 Å². The van der Waals surface area contributed by atoms with E-state index in [-0.39, 0.29) is 24.5 Å². The molecule has 0 radical (unpaired) electrons. The van der Waals surface area contributed by atoms with E-state index < -0.39 is 10.0 Å². The second-order valence-corrected chi connectivity index (χ2v) is 8.65. The molecule has 2 aliphatic rings. The van der Waals surface area contributed by atoms with Crippen LogP contribution in [-0.2, 0) is 14.8 Å². The number of fused-ring (bicyclic) bond motifs is 2. The molecule has 21 heavy (non-hydrogen) atoms. The number of hydrogen-bond donors (Lipinski definition) is 1. The smallest absolute Gasteiger partial charge is 0.216 e. The van der Waals surface area contributed by atoms with Gasteiger partial charge >= 0.3 is 0 Å². The van der Waals surface area contributed by atoms with Crippen LogP contribution in [0.15, 0.2) is 0 Å². The molecule has 0 aromatic heterocycles. The first-order valence-corrected chi connectivity index (χ1v) is 9.90. The average Bonchev–Trinajstić information content (AvgIpc) is 2.74. The van der Waals surface area contributed by atoms with E-state index in [1.54, 1.807) is 4.31 Å². The minimum Gasteiger partial charge on any atom is -0.378 e. The zero-order valence-electron chi connectivity index (χ0n) is 13.5. The lowest BCUT2D eigenvalue weighted by molar-refractivity contribution is 0.0902. The van der Waals surface area contributed by atoms with Crippen LogP contribution in [0.1, 0.15) is 52.9 Å². The van der Waals surface area contributed by atoms with E-state index in [1.807, 2.05) is 20.8 Å². The first-order valence-electron chi connectivity index (χ1n) is 8.29. The maximum Gasteiger partial charge on any atom is 0.216 e. The summed E-state index contributed by atoms with van der Waals surface area (Å²) in [6.07, 6.45) is 5.25. The molecule has 5 nitrogen and oxygen atoms in total. The molecule has 124 valence electrons. The average molecular weight is 318 g/mol. The third kappa shape index (κ3) is 4.65. The summed E-state index contributed by atoms with van der Waals surface area (Å²) in [7, 11) is -3.22. The van der Waals surface area contributed by atoms with E-state index >= 15 is 0 Å². The Kier molecular flexibility index (Phi) is 6.05. The zero-order chi connectivity index (χ0) is 15.5. The van der Waals surface area contributed by atoms with Crippen molar-refractivity contribution in [1.29, 1.82) is 0 Å². The van der Waals surface area contributed by atoms with Gasteiger partial charge in [0, 0.05) is 24.7 Å². The zero-order valence-corrected chi connectivity index (χ0v) is 14.4. The lowest BCUT2D eigenvalue weighted by atomic mass is 10.00. The second-order valence-electron chi connectivity index (χ2n) is 6.61. The Hall–Kier alpha value is -0.170. The molecular formula is C15H30N2O3S. The molecule has 2 saturated heterocycles. The molecule has 6 heteroatoms. The van der Waals surface area contributed by atoms with Crippen LogP contribution in [0.25, 0.3) is 0 Å². The van der Waals surface area contributed by atoms with Crippen LogP contribution in [0.3, 0.4) is 0 Å². The molecule has 0 saturated carbocycles. The fourth-order valence-electron chi connectivity index (χ4n) is 3.54. The summed E-state index contributed by atoms with van der Waals surface area (Å²) in [5, 5.41) is 3.58. The molecule has 2 unspecified atom stereocenters. The number of rotatable bonds is 8. The van der Waals surface area contributed by atoms with Crippen LogP contribution in [0.4, 0.5) is 0 Å². The van der Waals surface area contributed by atoms with Crippen molar-refractivity contribution in [3.8, 4) is 0 Å². The van der Waals surface area contributed by atoms with Crippen molar-refractivity contribution >= 4 is 10.0 Å². The monoisotopic (exact) mass is 318 g/mol. The van der Waals surface area contributed by atoms with Crippen LogP contribution in [0, 0.1) is 0 Å². The highest BCUT2D eigenvalue weighted by Crippen LogP contribution is 2.31. The molecule has 0 amide bonds. The molecule has 0 aromatic rings. The van der Waals surface area contributed by atoms with Gasteiger partial charge in [-0.15, -0.1) is 0 Å². The predicted molar refractivity (Wildman–Crippen MR) is 84.8 cm³/mol. The summed E-state index contributed by atoms with van der Waals surface area (Å²) in [6.45, 7) is 6.83. The quantitative estimate of drug-likeness (QED) is 0.740. The molecule has 2 rings (SSSR count). The molecule has 2 heterocycles. The Balaban J connectivity index is 1.99. The first-order chi connectivity index (χ1) is 9.92. The Morgan fingerprint density at radius 3 is 2.38 bits per heavy atom. The van der Waals surface area contributed by atoms with Crippen molar-refractivity contribution in [2.45, 2.75) is 77.1 Å². The third-order valence-electron chi connectivity index (χ3n) is 4.45. The van der Waals surface area contributed by atoms with Crippen LogP contribution in [0.5, 0.6) is 0 Å². The highest BCUT2D eigenvalue weighted by Gasteiger charge is 2.39. The largest absolute Gasteiger partial charge is 0.378 e. The number of sulfonamides is 1. The minimum atomic E-state index is -3.22. The van der Waals surface area contributed by atoms with E-state index in [1.165, 1.54) is 12.8 Å². The van der Waals surface area contributed by atoms with Crippen LogP contribution < -0.4 is 5.32 Å². The molecule has 2 bridgehead atoms. The third-order valence-corrected chi connectivity index (χ3v) is 6.33. The van der Waals surface area contributed by atoms with Gasteiger partial charge < -0.3 is 10.1 Å². The Labute approximate surface area is 129 Å². The van der Waals surface area contributed by atoms with Crippen molar-refractivity contribution in [1.82, 2.24) is 9.62 Å². The normalized spacial score (nSPS) is 29.5. The van der Waals surface area contributed by atoms with Gasteiger partial charge in [0.2, 0.25) is 10.0 Å². The van der Waals surface area contributed by atoms with Gasteiger partial charge in [-0.25, -0.2) is 8.42 Å². The van der Waals surface area contributed by atoms with Crippen molar-refractivity contribution in [3.63, 3.8) is 0 Å². The standard InChI is InChI=1S/C15H30N2O3S/c1-4-7-17(21(18,19)9-8-20-12(2)3)15-10-13-5-6-14(11-15)16-13/h12-16H,4-11H2,1-3H3. The Morgan fingerprint density at radius 1 is 1.24 bits per heavy atom. The summed E-state index contributed by atoms with van der Waals surface area (Å²) < 4.78 is 32.5. The van der Waals surface area contributed by atoms with Gasteiger partial charge in [0.1, 0.15) is 0 Å². The second kappa shape index (κ2) is 7.40. The van der Waals surface area contributed by atoms with E-state index in [9.17, 15) is 8.42 Å². The maximum atomic E-state index is 12.7. The molecule has 0 aromatic carbocycles. The SMILES string of the molecule is CCCN(C1CC2CCC(C1)N2)S(=O)(=O)CCOC(C)C. The lowest BCUT2D eigenvalue weighted by Gasteiger charge is -2.37. The van der Waals surface area contributed by atoms with Gasteiger partial charge in [-0.3, -0.25) is 0 Å². The van der Waals surface area contributed by atoms with Crippen LogP contribution in [0.2, 0.25) is 0 Å². The summed E-state index contributed by atoms with van der Waals surface area (Å²) in [5.74, 6) is 0.102. The van der Waals surface area contributed by atoms with Crippen LogP contribution >= 0.6 is 0 Å². The van der Waals surface area contributed by atoms with Crippen molar-refractivity contribution < 1.29 is 13.2 Å². The number of piperidine rings is 1. The Morgan fingerprint density at radius 2 is 1.86 bits per heavy atom. The molecule has 2 fully saturated rings. The maximum absolute atomic E-state index is 12.7. The predicted octanol–water partition coefficient (Wildman–Crippen LogP) is 1.74. The van der Waals surface area contributed by atoms with Gasteiger partial charge in [0.25, 0.3) is 0 Å². The lowest BCUT2D eigenvalue weighted by Crippen LogP contribution is -2.51.